The number of fused-ring (bicyclic) bond motifs is 2. The normalized spacial score (nSPS) is 34.8. The zero-order valence-corrected chi connectivity index (χ0v) is 7.57. The van der Waals surface area contributed by atoms with Gasteiger partial charge >= 0.3 is 0 Å². The summed E-state index contributed by atoms with van der Waals surface area (Å²) in [7, 11) is 0. The topological polar surface area (TPSA) is 40.9 Å². The third-order valence-electron chi connectivity index (χ3n) is 3.18. The van der Waals surface area contributed by atoms with Crippen molar-refractivity contribution >= 4 is 5.78 Å². The number of hydrogen-bond donors (Lipinski definition) is 0. The Bertz CT molecular complexity index is 287. The number of rotatable bonds is 3. The van der Waals surface area contributed by atoms with Gasteiger partial charge in [-0.2, -0.15) is 5.26 Å². The van der Waals surface area contributed by atoms with Gasteiger partial charge in [-0.05, 0) is 24.7 Å². The number of Topliss-reactive ketones (excluding diaryl/α,β-unsaturated/α-hetero) is 1. The van der Waals surface area contributed by atoms with Crippen LogP contribution in [0.25, 0.3) is 0 Å². The predicted molar refractivity (Wildman–Crippen MR) is 48.7 cm³/mol. The number of nitriles is 1. The van der Waals surface area contributed by atoms with E-state index in [0.29, 0.717) is 30.5 Å². The molecule has 0 saturated heterocycles. The molecule has 13 heavy (non-hydrogen) atoms. The van der Waals surface area contributed by atoms with Gasteiger partial charge in [0.05, 0.1) is 6.07 Å². The van der Waals surface area contributed by atoms with E-state index < -0.39 is 0 Å². The zero-order chi connectivity index (χ0) is 9.26. The Labute approximate surface area is 78.2 Å². The summed E-state index contributed by atoms with van der Waals surface area (Å²) in [6.45, 7) is 0. The SMILES string of the molecule is N#CCCC(=O)C1C[C@H]2C=C[C@@H]1C2. The largest absolute Gasteiger partial charge is 0.299 e. The molecule has 3 atom stereocenters. The molecule has 0 radical (unpaired) electrons. The van der Waals surface area contributed by atoms with E-state index in [1.165, 1.54) is 6.42 Å². The van der Waals surface area contributed by atoms with Crippen molar-refractivity contribution in [3.8, 4) is 6.07 Å². The summed E-state index contributed by atoms with van der Waals surface area (Å²) in [5.74, 6) is 1.69. The van der Waals surface area contributed by atoms with Gasteiger partial charge in [-0.1, -0.05) is 12.2 Å². The molecule has 0 spiro atoms. The minimum atomic E-state index is 0.239. The number of hydrogen-bond acceptors (Lipinski definition) is 2. The van der Waals surface area contributed by atoms with Gasteiger partial charge in [0.15, 0.2) is 0 Å². The lowest BCUT2D eigenvalue weighted by atomic mass is 9.88. The smallest absolute Gasteiger partial charge is 0.137 e. The van der Waals surface area contributed by atoms with Gasteiger partial charge in [0, 0.05) is 18.8 Å². The van der Waals surface area contributed by atoms with E-state index in [4.69, 9.17) is 5.26 Å². The molecule has 1 unspecified atom stereocenters. The molecule has 2 heteroatoms. The lowest BCUT2D eigenvalue weighted by Crippen LogP contribution is -2.18. The summed E-state index contributed by atoms with van der Waals surface area (Å²) in [6.07, 6.45) is 7.46. The van der Waals surface area contributed by atoms with Crippen molar-refractivity contribution in [2.75, 3.05) is 0 Å². The first kappa shape index (κ1) is 8.50. The van der Waals surface area contributed by atoms with Crippen molar-refractivity contribution in [2.24, 2.45) is 17.8 Å². The second kappa shape index (κ2) is 3.33. The van der Waals surface area contributed by atoms with Crippen molar-refractivity contribution in [1.29, 1.82) is 5.26 Å². The van der Waals surface area contributed by atoms with Crippen molar-refractivity contribution in [2.45, 2.75) is 25.7 Å². The van der Waals surface area contributed by atoms with Gasteiger partial charge in [-0.15, -0.1) is 0 Å². The van der Waals surface area contributed by atoms with Crippen LogP contribution in [0.3, 0.4) is 0 Å². The van der Waals surface area contributed by atoms with E-state index in [2.05, 4.69) is 12.2 Å². The van der Waals surface area contributed by atoms with Crippen molar-refractivity contribution in [3.63, 3.8) is 0 Å². The second-order valence-corrected chi connectivity index (χ2v) is 4.01. The van der Waals surface area contributed by atoms with Crippen LogP contribution in [0, 0.1) is 29.1 Å². The lowest BCUT2D eigenvalue weighted by Gasteiger charge is -2.15. The third kappa shape index (κ3) is 1.51. The standard InChI is InChI=1S/C11H13NO/c12-5-1-2-11(13)10-7-8-3-4-9(10)6-8/h3-4,8-10H,1-2,6-7H2/t8-,9+,10?/m0/s1. The van der Waals surface area contributed by atoms with E-state index >= 15 is 0 Å². The van der Waals surface area contributed by atoms with Crippen molar-refractivity contribution in [1.82, 2.24) is 0 Å². The van der Waals surface area contributed by atoms with Crippen LogP contribution in [0.15, 0.2) is 12.2 Å². The fraction of sp³-hybridized carbons (Fsp3) is 0.636. The molecule has 2 aliphatic rings. The summed E-state index contributed by atoms with van der Waals surface area (Å²) in [5.41, 5.74) is 0. The average Bonchev–Trinajstić information content (AvgIpc) is 2.74. The fourth-order valence-corrected chi connectivity index (χ4v) is 2.52. The predicted octanol–water partition coefficient (Wildman–Crippen LogP) is 2.07. The molecule has 0 N–H and O–H groups in total. The highest BCUT2D eigenvalue weighted by atomic mass is 16.1. The van der Waals surface area contributed by atoms with Gasteiger partial charge < -0.3 is 0 Å². The highest BCUT2D eigenvalue weighted by molar-refractivity contribution is 5.82. The van der Waals surface area contributed by atoms with Gasteiger partial charge in [0.25, 0.3) is 0 Å². The molecule has 2 rings (SSSR count). The number of carbonyl (C=O) groups excluding carboxylic acids is 1. The fourth-order valence-electron chi connectivity index (χ4n) is 2.52. The molecule has 2 bridgehead atoms. The molecule has 0 aliphatic heterocycles. The number of carbonyl (C=O) groups is 1. The molecule has 0 aromatic rings. The number of nitrogens with zero attached hydrogens (tertiary/aromatic N) is 1. The van der Waals surface area contributed by atoms with E-state index in [9.17, 15) is 4.79 Å². The second-order valence-electron chi connectivity index (χ2n) is 4.01. The van der Waals surface area contributed by atoms with Crippen LogP contribution < -0.4 is 0 Å². The van der Waals surface area contributed by atoms with Crippen LogP contribution >= 0.6 is 0 Å². The van der Waals surface area contributed by atoms with Crippen LogP contribution in [-0.4, -0.2) is 5.78 Å². The van der Waals surface area contributed by atoms with Gasteiger partial charge in [-0.25, -0.2) is 0 Å². The van der Waals surface area contributed by atoms with Crippen LogP contribution in [0.1, 0.15) is 25.7 Å². The lowest BCUT2D eigenvalue weighted by molar-refractivity contribution is -0.123. The Balaban J connectivity index is 1.92. The minimum absolute atomic E-state index is 0.239. The first-order valence-electron chi connectivity index (χ1n) is 4.89. The molecule has 68 valence electrons. The Morgan fingerprint density at radius 3 is 2.85 bits per heavy atom. The Morgan fingerprint density at radius 2 is 2.31 bits per heavy atom. The van der Waals surface area contributed by atoms with Crippen molar-refractivity contribution < 1.29 is 4.79 Å². The zero-order valence-electron chi connectivity index (χ0n) is 7.57. The van der Waals surface area contributed by atoms with Crippen LogP contribution in [-0.2, 0) is 4.79 Å². The number of allylic oxidation sites excluding steroid dienone is 2. The molecule has 0 aromatic heterocycles. The quantitative estimate of drug-likeness (QED) is 0.616. The van der Waals surface area contributed by atoms with E-state index in [1.54, 1.807) is 0 Å². The molecule has 0 amide bonds. The van der Waals surface area contributed by atoms with Crippen LogP contribution in [0.4, 0.5) is 0 Å². The molecular weight excluding hydrogens is 162 g/mol. The minimum Gasteiger partial charge on any atom is -0.299 e. The van der Waals surface area contributed by atoms with Gasteiger partial charge in [0.2, 0.25) is 0 Å². The highest BCUT2D eigenvalue weighted by Gasteiger charge is 2.38. The maximum absolute atomic E-state index is 11.6. The molecule has 2 nitrogen and oxygen atoms in total. The Hall–Kier alpha value is -1.10. The molecule has 2 aliphatic carbocycles. The summed E-state index contributed by atoms with van der Waals surface area (Å²) in [4.78, 5) is 11.6. The molecule has 0 heterocycles. The first-order chi connectivity index (χ1) is 6.31. The van der Waals surface area contributed by atoms with E-state index in [0.717, 1.165) is 6.42 Å². The highest BCUT2D eigenvalue weighted by Crippen LogP contribution is 2.44. The van der Waals surface area contributed by atoms with E-state index in [-0.39, 0.29) is 5.92 Å². The third-order valence-corrected chi connectivity index (χ3v) is 3.18. The van der Waals surface area contributed by atoms with Gasteiger partial charge in [-0.3, -0.25) is 4.79 Å². The van der Waals surface area contributed by atoms with E-state index in [1.807, 2.05) is 6.07 Å². The Morgan fingerprint density at radius 1 is 1.46 bits per heavy atom. The summed E-state index contributed by atoms with van der Waals surface area (Å²) in [6, 6.07) is 2.03. The Kier molecular flexibility index (Phi) is 2.18. The van der Waals surface area contributed by atoms with Crippen LogP contribution in [0.2, 0.25) is 0 Å². The maximum atomic E-state index is 11.6. The summed E-state index contributed by atoms with van der Waals surface area (Å²) < 4.78 is 0. The first-order valence-corrected chi connectivity index (χ1v) is 4.89. The maximum Gasteiger partial charge on any atom is 0.137 e. The molecular formula is C11H13NO. The van der Waals surface area contributed by atoms with Crippen molar-refractivity contribution in [3.05, 3.63) is 12.2 Å². The monoisotopic (exact) mass is 175 g/mol. The summed E-state index contributed by atoms with van der Waals surface area (Å²) >= 11 is 0. The molecule has 1 fully saturated rings. The average molecular weight is 175 g/mol. The van der Waals surface area contributed by atoms with Crippen LogP contribution in [0.5, 0.6) is 0 Å². The molecule has 1 saturated carbocycles. The van der Waals surface area contributed by atoms with Gasteiger partial charge in [0.1, 0.15) is 5.78 Å². The number of ketones is 1. The summed E-state index contributed by atoms with van der Waals surface area (Å²) in [5, 5.41) is 8.37. The molecule has 0 aromatic carbocycles.